The molecule has 0 unspecified atom stereocenters. The summed E-state index contributed by atoms with van der Waals surface area (Å²) >= 11 is 0. The molecule has 4 heteroatoms. The van der Waals surface area contributed by atoms with Crippen molar-refractivity contribution < 1.29 is 9.53 Å². The highest BCUT2D eigenvalue weighted by atomic mass is 16.6. The third-order valence-corrected chi connectivity index (χ3v) is 5.23. The van der Waals surface area contributed by atoms with E-state index in [1.165, 1.54) is 25.7 Å². The summed E-state index contributed by atoms with van der Waals surface area (Å²) in [5.74, 6) is 3.40. The van der Waals surface area contributed by atoms with Crippen LogP contribution in [-0.4, -0.2) is 53.7 Å². The smallest absolute Gasteiger partial charge is 0.410 e. The zero-order valence-corrected chi connectivity index (χ0v) is 14.1. The summed E-state index contributed by atoms with van der Waals surface area (Å²) in [7, 11) is 0. The maximum atomic E-state index is 12.0. The molecule has 2 saturated heterocycles. The van der Waals surface area contributed by atoms with Crippen LogP contribution >= 0.6 is 0 Å². The average molecular weight is 304 g/mol. The number of likely N-dealkylation sites (tertiary alicyclic amines) is 2. The number of terminal acetylenes is 1. The van der Waals surface area contributed by atoms with Gasteiger partial charge in [0.25, 0.3) is 0 Å². The normalized spacial score (nSPS) is 31.1. The molecule has 3 rings (SSSR count). The van der Waals surface area contributed by atoms with Gasteiger partial charge in [0.2, 0.25) is 0 Å². The van der Waals surface area contributed by atoms with Crippen LogP contribution in [0, 0.1) is 23.7 Å². The number of nitrogens with zero attached hydrogens (tertiary/aromatic N) is 2. The Morgan fingerprint density at radius 3 is 2.23 bits per heavy atom. The van der Waals surface area contributed by atoms with E-state index in [0.717, 1.165) is 26.2 Å². The first kappa shape index (κ1) is 15.7. The van der Waals surface area contributed by atoms with Crippen LogP contribution in [0.3, 0.4) is 0 Å². The van der Waals surface area contributed by atoms with Crippen molar-refractivity contribution in [2.45, 2.75) is 58.1 Å². The Morgan fingerprint density at radius 1 is 1.14 bits per heavy atom. The van der Waals surface area contributed by atoms with Gasteiger partial charge in [-0.05, 0) is 46.5 Å². The van der Waals surface area contributed by atoms with Crippen molar-refractivity contribution in [1.82, 2.24) is 9.80 Å². The first-order chi connectivity index (χ1) is 10.3. The van der Waals surface area contributed by atoms with Crippen molar-refractivity contribution in [3.63, 3.8) is 0 Å². The van der Waals surface area contributed by atoms with Crippen molar-refractivity contribution in [3.05, 3.63) is 0 Å². The summed E-state index contributed by atoms with van der Waals surface area (Å²) in [5, 5.41) is 0. The monoisotopic (exact) mass is 304 g/mol. The maximum Gasteiger partial charge on any atom is 0.410 e. The third-order valence-electron chi connectivity index (χ3n) is 5.23. The lowest BCUT2D eigenvalue weighted by atomic mass is 9.71. The summed E-state index contributed by atoms with van der Waals surface area (Å²) in [4.78, 5) is 16.4. The summed E-state index contributed by atoms with van der Waals surface area (Å²) in [6.07, 6.45) is 10.2. The van der Waals surface area contributed by atoms with Crippen molar-refractivity contribution in [1.29, 1.82) is 0 Å². The molecular weight excluding hydrogens is 276 g/mol. The van der Waals surface area contributed by atoms with Crippen LogP contribution in [-0.2, 0) is 4.74 Å². The standard InChI is InChI=1S/C18H28N2O2/c1-5-14-6-8-15(9-7-14)19-10-18(11-19)12-20(13-18)16(21)22-17(2,3)4/h1,14-15H,6-13H2,2-4H3. The fourth-order valence-electron chi connectivity index (χ4n) is 4.10. The zero-order chi connectivity index (χ0) is 16.0. The van der Waals surface area contributed by atoms with Gasteiger partial charge in [0.1, 0.15) is 5.60 Å². The van der Waals surface area contributed by atoms with E-state index in [1.54, 1.807) is 0 Å². The molecule has 1 spiro atoms. The number of ether oxygens (including phenoxy) is 1. The van der Waals surface area contributed by atoms with Crippen LogP contribution in [0.4, 0.5) is 4.79 Å². The van der Waals surface area contributed by atoms with Gasteiger partial charge in [0, 0.05) is 43.6 Å². The molecule has 1 saturated carbocycles. The van der Waals surface area contributed by atoms with E-state index >= 15 is 0 Å². The Balaban J connectivity index is 1.40. The first-order valence-corrected chi connectivity index (χ1v) is 8.48. The van der Waals surface area contributed by atoms with Gasteiger partial charge in [-0.3, -0.25) is 4.90 Å². The Kier molecular flexibility index (Phi) is 3.89. The number of carbonyl (C=O) groups is 1. The van der Waals surface area contributed by atoms with Gasteiger partial charge in [-0.15, -0.1) is 12.3 Å². The molecule has 0 aromatic carbocycles. The van der Waals surface area contributed by atoms with Crippen LogP contribution in [0.1, 0.15) is 46.5 Å². The zero-order valence-electron chi connectivity index (χ0n) is 14.1. The highest BCUT2D eigenvalue weighted by Crippen LogP contribution is 2.43. The third kappa shape index (κ3) is 3.10. The molecule has 4 nitrogen and oxygen atoms in total. The van der Waals surface area contributed by atoms with Crippen LogP contribution in [0.2, 0.25) is 0 Å². The number of hydrogen-bond donors (Lipinski definition) is 0. The summed E-state index contributed by atoms with van der Waals surface area (Å²) < 4.78 is 5.43. The highest BCUT2D eigenvalue weighted by molar-refractivity contribution is 5.69. The molecule has 0 bridgehead atoms. The first-order valence-electron chi connectivity index (χ1n) is 8.48. The molecule has 0 atom stereocenters. The molecule has 0 aromatic heterocycles. The second-order valence-corrected chi connectivity index (χ2v) is 8.41. The summed E-state index contributed by atoms with van der Waals surface area (Å²) in [5.41, 5.74) is -0.0545. The molecule has 0 radical (unpaired) electrons. The number of amides is 1. The van der Waals surface area contributed by atoms with Gasteiger partial charge in [0.15, 0.2) is 0 Å². The van der Waals surface area contributed by atoms with E-state index in [1.807, 2.05) is 25.7 Å². The minimum Gasteiger partial charge on any atom is -0.444 e. The molecule has 2 heterocycles. The van der Waals surface area contributed by atoms with E-state index in [0.29, 0.717) is 17.4 Å². The van der Waals surface area contributed by atoms with E-state index in [2.05, 4.69) is 10.8 Å². The predicted octanol–water partition coefficient (Wildman–Crippen LogP) is 2.73. The minimum absolute atomic E-state index is 0.161. The molecule has 3 aliphatic rings. The predicted molar refractivity (Wildman–Crippen MR) is 86.4 cm³/mol. The number of rotatable bonds is 1. The summed E-state index contributed by atoms with van der Waals surface area (Å²) in [6, 6.07) is 0.714. The molecule has 0 aromatic rings. The van der Waals surface area contributed by atoms with E-state index < -0.39 is 5.60 Å². The molecule has 122 valence electrons. The molecular formula is C18H28N2O2. The summed E-state index contributed by atoms with van der Waals surface area (Å²) in [6.45, 7) is 9.74. The number of carbonyl (C=O) groups excluding carboxylic acids is 1. The van der Waals surface area contributed by atoms with Crippen molar-refractivity contribution in [3.8, 4) is 12.3 Å². The van der Waals surface area contributed by atoms with Crippen LogP contribution in [0.25, 0.3) is 0 Å². The van der Waals surface area contributed by atoms with Gasteiger partial charge in [-0.2, -0.15) is 0 Å². The minimum atomic E-state index is -0.402. The van der Waals surface area contributed by atoms with Crippen LogP contribution in [0.15, 0.2) is 0 Å². The number of hydrogen-bond acceptors (Lipinski definition) is 3. The van der Waals surface area contributed by atoms with E-state index in [-0.39, 0.29) is 6.09 Å². The van der Waals surface area contributed by atoms with Crippen molar-refractivity contribution >= 4 is 6.09 Å². The molecule has 2 aliphatic heterocycles. The highest BCUT2D eigenvalue weighted by Gasteiger charge is 2.55. The topological polar surface area (TPSA) is 32.8 Å². The van der Waals surface area contributed by atoms with Gasteiger partial charge in [-0.1, -0.05) is 0 Å². The Bertz CT molecular complexity index is 466. The lowest BCUT2D eigenvalue weighted by Gasteiger charge is -2.62. The Morgan fingerprint density at radius 2 is 1.73 bits per heavy atom. The molecule has 1 amide bonds. The molecule has 3 fully saturated rings. The fourth-order valence-corrected chi connectivity index (χ4v) is 4.10. The fraction of sp³-hybridized carbons (Fsp3) is 0.833. The lowest BCUT2D eigenvalue weighted by molar-refractivity contribution is -0.130. The maximum absolute atomic E-state index is 12.0. The van der Waals surface area contributed by atoms with Crippen molar-refractivity contribution in [2.75, 3.05) is 26.2 Å². The van der Waals surface area contributed by atoms with Crippen LogP contribution < -0.4 is 0 Å². The van der Waals surface area contributed by atoms with Crippen LogP contribution in [0.5, 0.6) is 0 Å². The second kappa shape index (κ2) is 5.45. The molecule has 0 N–H and O–H groups in total. The molecule has 22 heavy (non-hydrogen) atoms. The second-order valence-electron chi connectivity index (χ2n) is 8.41. The Hall–Kier alpha value is -1.21. The average Bonchev–Trinajstić information content (AvgIpc) is 2.34. The lowest BCUT2D eigenvalue weighted by Crippen LogP contribution is -2.74. The van der Waals surface area contributed by atoms with Gasteiger partial charge in [-0.25, -0.2) is 4.79 Å². The van der Waals surface area contributed by atoms with E-state index in [9.17, 15) is 4.79 Å². The quantitative estimate of drug-likeness (QED) is 0.698. The van der Waals surface area contributed by atoms with Crippen molar-refractivity contribution in [2.24, 2.45) is 11.3 Å². The van der Waals surface area contributed by atoms with Gasteiger partial charge in [0.05, 0.1) is 0 Å². The van der Waals surface area contributed by atoms with Gasteiger partial charge >= 0.3 is 6.09 Å². The Labute approximate surface area is 134 Å². The van der Waals surface area contributed by atoms with E-state index in [4.69, 9.17) is 11.2 Å². The van der Waals surface area contributed by atoms with Gasteiger partial charge < -0.3 is 9.64 Å². The SMILES string of the molecule is C#CC1CCC(N2CC3(CN(C(=O)OC(C)(C)C)C3)C2)CC1. The molecule has 1 aliphatic carbocycles. The largest absolute Gasteiger partial charge is 0.444 e.